The number of carbonyl (C=O) groups excluding carboxylic acids is 1. The van der Waals surface area contributed by atoms with E-state index in [9.17, 15) is 4.79 Å². The lowest BCUT2D eigenvalue weighted by Gasteiger charge is -2.17. The van der Waals surface area contributed by atoms with Crippen LogP contribution in [0.25, 0.3) is 0 Å². The van der Waals surface area contributed by atoms with E-state index in [2.05, 4.69) is 18.7 Å². The molecule has 0 aliphatic heterocycles. The fourth-order valence-electron chi connectivity index (χ4n) is 1.12. The highest BCUT2D eigenvalue weighted by molar-refractivity contribution is 5.88. The fourth-order valence-corrected chi connectivity index (χ4v) is 1.12. The molecule has 0 unspecified atom stereocenters. The maximum absolute atomic E-state index is 11.4. The monoisotopic (exact) mass is 213 g/mol. The highest BCUT2D eigenvalue weighted by Crippen LogP contribution is 2.03. The van der Waals surface area contributed by atoms with Gasteiger partial charge in [-0.2, -0.15) is 0 Å². The average Bonchev–Trinajstić information content (AvgIpc) is 2.22. The summed E-state index contributed by atoms with van der Waals surface area (Å²) in [4.78, 5) is 13.7. The van der Waals surface area contributed by atoms with Crippen molar-refractivity contribution in [3.05, 3.63) is 11.1 Å². The summed E-state index contributed by atoms with van der Waals surface area (Å²) in [5.74, 6) is -0.192. The maximum atomic E-state index is 11.4. The normalized spacial score (nSPS) is 10.3. The van der Waals surface area contributed by atoms with Crippen LogP contribution < -0.4 is 0 Å². The smallest absolute Gasteiger partial charge is 0.333 e. The molecular formula is C12H23NO2. The van der Waals surface area contributed by atoms with Crippen molar-refractivity contribution in [2.75, 3.05) is 26.2 Å². The van der Waals surface area contributed by atoms with Gasteiger partial charge in [-0.3, -0.25) is 0 Å². The first-order valence-electron chi connectivity index (χ1n) is 5.56. The summed E-state index contributed by atoms with van der Waals surface area (Å²) in [5, 5.41) is 0. The molecule has 0 aliphatic carbocycles. The number of hydrogen-bond acceptors (Lipinski definition) is 3. The third-order valence-corrected chi connectivity index (χ3v) is 2.59. The summed E-state index contributed by atoms with van der Waals surface area (Å²) in [5.41, 5.74) is 1.73. The Labute approximate surface area is 93.1 Å². The van der Waals surface area contributed by atoms with Crippen molar-refractivity contribution in [2.45, 2.75) is 34.6 Å². The van der Waals surface area contributed by atoms with Crippen molar-refractivity contribution in [3.8, 4) is 0 Å². The number of esters is 1. The Kier molecular flexibility index (Phi) is 7.05. The minimum absolute atomic E-state index is 0.192. The number of rotatable bonds is 6. The molecule has 0 saturated heterocycles. The summed E-state index contributed by atoms with van der Waals surface area (Å²) in [6, 6.07) is 0. The molecule has 0 aliphatic rings. The zero-order chi connectivity index (χ0) is 11.8. The van der Waals surface area contributed by atoms with E-state index < -0.39 is 0 Å². The van der Waals surface area contributed by atoms with Gasteiger partial charge in [-0.25, -0.2) is 4.79 Å². The van der Waals surface area contributed by atoms with E-state index in [1.54, 1.807) is 6.92 Å². The quantitative estimate of drug-likeness (QED) is 0.500. The molecule has 0 heterocycles. The largest absolute Gasteiger partial charge is 0.461 e. The van der Waals surface area contributed by atoms with Gasteiger partial charge in [0.25, 0.3) is 0 Å². The minimum atomic E-state index is -0.192. The first kappa shape index (κ1) is 14.2. The molecule has 15 heavy (non-hydrogen) atoms. The summed E-state index contributed by atoms with van der Waals surface area (Å²) in [6.07, 6.45) is 0. The molecule has 0 bridgehead atoms. The number of hydrogen-bond donors (Lipinski definition) is 0. The third-order valence-electron chi connectivity index (χ3n) is 2.59. The molecule has 0 amide bonds. The van der Waals surface area contributed by atoms with Gasteiger partial charge in [-0.05, 0) is 33.9 Å². The molecule has 0 N–H and O–H groups in total. The zero-order valence-electron chi connectivity index (χ0n) is 10.6. The van der Waals surface area contributed by atoms with E-state index in [1.165, 1.54) is 0 Å². The molecule has 0 aromatic heterocycles. The molecule has 88 valence electrons. The van der Waals surface area contributed by atoms with E-state index in [4.69, 9.17) is 4.74 Å². The molecule has 0 atom stereocenters. The minimum Gasteiger partial charge on any atom is -0.461 e. The molecule has 0 saturated carbocycles. The van der Waals surface area contributed by atoms with Crippen molar-refractivity contribution >= 4 is 5.97 Å². The third kappa shape index (κ3) is 5.57. The van der Waals surface area contributed by atoms with Gasteiger partial charge in [0, 0.05) is 12.1 Å². The Bertz CT molecular complexity index is 226. The van der Waals surface area contributed by atoms with Crippen LogP contribution in [0.4, 0.5) is 0 Å². The van der Waals surface area contributed by atoms with Crippen molar-refractivity contribution in [3.63, 3.8) is 0 Å². The lowest BCUT2D eigenvalue weighted by molar-refractivity contribution is -0.139. The van der Waals surface area contributed by atoms with Crippen LogP contribution in [-0.4, -0.2) is 37.1 Å². The Morgan fingerprint density at radius 2 is 1.67 bits per heavy atom. The topological polar surface area (TPSA) is 29.5 Å². The van der Waals surface area contributed by atoms with Gasteiger partial charge >= 0.3 is 5.97 Å². The van der Waals surface area contributed by atoms with Crippen molar-refractivity contribution < 1.29 is 9.53 Å². The van der Waals surface area contributed by atoms with Gasteiger partial charge in [-0.15, -0.1) is 0 Å². The van der Waals surface area contributed by atoms with Gasteiger partial charge in [0.2, 0.25) is 0 Å². The Morgan fingerprint density at radius 3 is 2.07 bits per heavy atom. The summed E-state index contributed by atoms with van der Waals surface area (Å²) < 4.78 is 5.16. The molecule has 3 nitrogen and oxygen atoms in total. The molecule has 0 aromatic rings. The molecule has 0 radical (unpaired) electrons. The molecule has 0 rings (SSSR count). The van der Waals surface area contributed by atoms with E-state index in [0.29, 0.717) is 6.61 Å². The zero-order valence-corrected chi connectivity index (χ0v) is 10.6. The lowest BCUT2D eigenvalue weighted by atomic mass is 10.2. The second-order valence-electron chi connectivity index (χ2n) is 3.79. The highest BCUT2D eigenvalue weighted by Gasteiger charge is 2.07. The molecular weight excluding hydrogens is 190 g/mol. The molecule has 0 fully saturated rings. The van der Waals surface area contributed by atoms with Crippen LogP contribution in [0.3, 0.4) is 0 Å². The van der Waals surface area contributed by atoms with Gasteiger partial charge in [0.05, 0.1) is 0 Å². The van der Waals surface area contributed by atoms with E-state index in [-0.39, 0.29) is 5.97 Å². The summed E-state index contributed by atoms with van der Waals surface area (Å²) in [6.45, 7) is 13.1. The molecule has 3 heteroatoms. The Balaban J connectivity index is 3.87. The van der Waals surface area contributed by atoms with E-state index in [0.717, 1.165) is 30.8 Å². The maximum Gasteiger partial charge on any atom is 0.333 e. The van der Waals surface area contributed by atoms with Crippen LogP contribution in [0.1, 0.15) is 34.6 Å². The van der Waals surface area contributed by atoms with Crippen molar-refractivity contribution in [2.24, 2.45) is 0 Å². The van der Waals surface area contributed by atoms with Crippen LogP contribution >= 0.6 is 0 Å². The standard InChI is InChI=1S/C12H23NO2/c1-6-13(7-2)8-9-15-12(14)11(5)10(3)4/h6-9H2,1-5H3. The van der Waals surface area contributed by atoms with Crippen LogP contribution in [-0.2, 0) is 9.53 Å². The fraction of sp³-hybridized carbons (Fsp3) is 0.750. The van der Waals surface area contributed by atoms with Gasteiger partial charge in [0.15, 0.2) is 0 Å². The predicted octanol–water partition coefficient (Wildman–Crippen LogP) is 2.23. The second-order valence-corrected chi connectivity index (χ2v) is 3.79. The van der Waals surface area contributed by atoms with E-state index >= 15 is 0 Å². The van der Waals surface area contributed by atoms with Gasteiger partial charge in [-0.1, -0.05) is 19.4 Å². The number of carbonyl (C=O) groups is 1. The van der Waals surface area contributed by atoms with Crippen molar-refractivity contribution in [1.82, 2.24) is 4.90 Å². The second kappa shape index (κ2) is 7.46. The highest BCUT2D eigenvalue weighted by atomic mass is 16.5. The SMILES string of the molecule is CCN(CC)CCOC(=O)C(C)=C(C)C. The van der Waals surface area contributed by atoms with E-state index in [1.807, 2.05) is 13.8 Å². The number of allylic oxidation sites excluding steroid dienone is 1. The Morgan fingerprint density at radius 1 is 1.13 bits per heavy atom. The average molecular weight is 213 g/mol. The van der Waals surface area contributed by atoms with Crippen LogP contribution in [0.2, 0.25) is 0 Å². The summed E-state index contributed by atoms with van der Waals surface area (Å²) in [7, 11) is 0. The number of likely N-dealkylation sites (N-methyl/N-ethyl adjacent to an activating group) is 1. The van der Waals surface area contributed by atoms with Crippen LogP contribution in [0, 0.1) is 0 Å². The Hall–Kier alpha value is -0.830. The van der Waals surface area contributed by atoms with Crippen LogP contribution in [0.5, 0.6) is 0 Å². The first-order chi connectivity index (χ1) is 7.02. The number of ether oxygens (including phenoxy) is 1. The molecule has 0 aromatic carbocycles. The van der Waals surface area contributed by atoms with Crippen molar-refractivity contribution in [1.29, 1.82) is 0 Å². The van der Waals surface area contributed by atoms with Gasteiger partial charge < -0.3 is 9.64 Å². The predicted molar refractivity (Wildman–Crippen MR) is 62.8 cm³/mol. The summed E-state index contributed by atoms with van der Waals surface area (Å²) >= 11 is 0. The molecule has 0 spiro atoms. The van der Waals surface area contributed by atoms with Gasteiger partial charge in [0.1, 0.15) is 6.61 Å². The lowest BCUT2D eigenvalue weighted by Crippen LogP contribution is -2.28. The van der Waals surface area contributed by atoms with Crippen LogP contribution in [0.15, 0.2) is 11.1 Å². The number of nitrogens with zero attached hydrogens (tertiary/aromatic N) is 1. The first-order valence-corrected chi connectivity index (χ1v) is 5.56.